The van der Waals surface area contributed by atoms with Gasteiger partial charge in [-0.05, 0) is 44.2 Å². The van der Waals surface area contributed by atoms with Gasteiger partial charge in [-0.3, -0.25) is 9.78 Å². The number of amides is 1. The van der Waals surface area contributed by atoms with E-state index in [4.69, 9.17) is 4.74 Å². The summed E-state index contributed by atoms with van der Waals surface area (Å²) in [6, 6.07) is 7.55. The molecule has 0 saturated carbocycles. The lowest BCUT2D eigenvalue weighted by Crippen LogP contribution is -2.38. The fourth-order valence-electron chi connectivity index (χ4n) is 3.40. The first-order chi connectivity index (χ1) is 12.1. The summed E-state index contributed by atoms with van der Waals surface area (Å²) in [7, 11) is 0. The van der Waals surface area contributed by atoms with Crippen LogP contribution in [0.4, 0.5) is 0 Å². The van der Waals surface area contributed by atoms with Gasteiger partial charge in [-0.15, -0.1) is 0 Å². The van der Waals surface area contributed by atoms with Crippen molar-refractivity contribution in [1.29, 1.82) is 0 Å². The molecular weight excluding hydrogens is 316 g/mol. The van der Waals surface area contributed by atoms with E-state index in [0.717, 1.165) is 60.9 Å². The molecule has 2 aromatic rings. The van der Waals surface area contributed by atoms with Crippen molar-refractivity contribution >= 4 is 22.8 Å². The van der Waals surface area contributed by atoms with Gasteiger partial charge < -0.3 is 9.64 Å². The normalized spacial score (nSPS) is 14.6. The van der Waals surface area contributed by atoms with Crippen LogP contribution in [-0.4, -0.2) is 41.5 Å². The lowest BCUT2D eigenvalue weighted by molar-refractivity contribution is -0.135. The molecule has 0 unspecified atom stereocenters. The highest BCUT2D eigenvalue weighted by Crippen LogP contribution is 2.24. The molecule has 1 fully saturated rings. The number of rotatable bonds is 4. The number of likely N-dealkylation sites (tertiary alicyclic amines) is 1. The van der Waals surface area contributed by atoms with Crippen LogP contribution < -0.4 is 0 Å². The highest BCUT2D eigenvalue weighted by Gasteiger charge is 2.22. The number of nitrogens with zero attached hydrogens (tertiary/aromatic N) is 2. The number of pyridine rings is 1. The molecule has 5 nitrogen and oxygen atoms in total. The lowest BCUT2D eigenvalue weighted by Gasteiger charge is -2.26. The number of benzene rings is 1. The summed E-state index contributed by atoms with van der Waals surface area (Å²) < 4.78 is 5.37. The van der Waals surface area contributed by atoms with Crippen molar-refractivity contribution in [3.05, 3.63) is 41.1 Å². The van der Waals surface area contributed by atoms with Gasteiger partial charge in [0.1, 0.15) is 0 Å². The Morgan fingerprint density at radius 2 is 1.88 bits per heavy atom. The quantitative estimate of drug-likeness (QED) is 0.802. The number of carbonyl (C=O) groups excluding carboxylic acids is 2. The Hall–Kier alpha value is -2.43. The minimum absolute atomic E-state index is 0.111. The molecule has 1 amide bonds. The fraction of sp³-hybridized carbons (Fsp3) is 0.450. The van der Waals surface area contributed by atoms with E-state index in [-0.39, 0.29) is 12.5 Å². The molecule has 25 heavy (non-hydrogen) atoms. The van der Waals surface area contributed by atoms with Crippen molar-refractivity contribution in [3.63, 3.8) is 0 Å². The molecule has 1 aliphatic heterocycles. The zero-order valence-corrected chi connectivity index (χ0v) is 14.9. The highest BCUT2D eigenvalue weighted by atomic mass is 16.5. The molecule has 1 aromatic carbocycles. The number of fused-ring (bicyclic) bond motifs is 1. The number of aryl methyl sites for hydroxylation is 1. The third-order valence-electron chi connectivity index (χ3n) is 4.81. The highest BCUT2D eigenvalue weighted by molar-refractivity contribution is 6.05. The van der Waals surface area contributed by atoms with Crippen LogP contribution in [0.1, 0.15) is 47.8 Å². The lowest BCUT2D eigenvalue weighted by atomic mass is 10.0. The average molecular weight is 340 g/mol. The van der Waals surface area contributed by atoms with Crippen LogP contribution in [0.15, 0.2) is 24.3 Å². The molecule has 1 aliphatic rings. The van der Waals surface area contributed by atoms with E-state index >= 15 is 0 Å². The Bertz CT molecular complexity index is 795. The monoisotopic (exact) mass is 340 g/mol. The molecule has 0 atom stereocenters. The van der Waals surface area contributed by atoms with Gasteiger partial charge in [0.2, 0.25) is 0 Å². The van der Waals surface area contributed by atoms with Crippen LogP contribution in [0.3, 0.4) is 0 Å². The molecule has 0 N–H and O–H groups in total. The van der Waals surface area contributed by atoms with Crippen LogP contribution in [-0.2, 0) is 16.0 Å². The van der Waals surface area contributed by atoms with E-state index in [2.05, 4.69) is 4.98 Å². The van der Waals surface area contributed by atoms with E-state index in [1.54, 1.807) is 4.90 Å². The summed E-state index contributed by atoms with van der Waals surface area (Å²) in [5.74, 6) is -0.559. The standard InChI is InChI=1S/C20H24N2O3/c1-3-16-14(2)19(15-9-5-6-10-17(15)21-16)20(24)25-13-18(23)22-11-7-4-8-12-22/h5-6,9-10H,3-4,7-8,11-13H2,1-2H3. The van der Waals surface area contributed by atoms with Crippen LogP contribution in [0.5, 0.6) is 0 Å². The van der Waals surface area contributed by atoms with E-state index in [1.165, 1.54) is 0 Å². The molecule has 0 bridgehead atoms. The second-order valence-electron chi connectivity index (χ2n) is 6.45. The number of carbonyl (C=O) groups is 2. The summed E-state index contributed by atoms with van der Waals surface area (Å²) in [6.07, 6.45) is 3.94. The maximum atomic E-state index is 12.7. The third-order valence-corrected chi connectivity index (χ3v) is 4.81. The number of ether oxygens (including phenoxy) is 1. The Kier molecular flexibility index (Phi) is 5.31. The first-order valence-electron chi connectivity index (χ1n) is 8.95. The zero-order chi connectivity index (χ0) is 17.8. The van der Waals surface area contributed by atoms with E-state index in [0.29, 0.717) is 5.56 Å². The van der Waals surface area contributed by atoms with Crippen molar-refractivity contribution in [1.82, 2.24) is 9.88 Å². The first kappa shape index (κ1) is 17.4. The van der Waals surface area contributed by atoms with Crippen LogP contribution >= 0.6 is 0 Å². The number of para-hydroxylation sites is 1. The topological polar surface area (TPSA) is 59.5 Å². The van der Waals surface area contributed by atoms with Gasteiger partial charge in [0.25, 0.3) is 5.91 Å². The maximum Gasteiger partial charge on any atom is 0.339 e. The number of piperidine rings is 1. The number of aromatic nitrogens is 1. The van der Waals surface area contributed by atoms with Crippen molar-refractivity contribution in [3.8, 4) is 0 Å². The smallest absolute Gasteiger partial charge is 0.339 e. The molecule has 0 spiro atoms. The van der Waals surface area contributed by atoms with Gasteiger partial charge in [0, 0.05) is 24.2 Å². The summed E-state index contributed by atoms with van der Waals surface area (Å²) in [5, 5.41) is 0.771. The first-order valence-corrected chi connectivity index (χ1v) is 8.95. The van der Waals surface area contributed by atoms with Crippen molar-refractivity contribution in [2.24, 2.45) is 0 Å². The molecular formula is C20H24N2O3. The molecule has 1 saturated heterocycles. The summed E-state index contributed by atoms with van der Waals surface area (Å²) in [6.45, 7) is 5.22. The molecule has 1 aromatic heterocycles. The molecule has 2 heterocycles. The minimum atomic E-state index is -0.448. The average Bonchev–Trinajstić information content (AvgIpc) is 2.66. The van der Waals surface area contributed by atoms with E-state index in [1.807, 2.05) is 38.1 Å². The Morgan fingerprint density at radius 1 is 1.16 bits per heavy atom. The van der Waals surface area contributed by atoms with Crippen LogP contribution in [0, 0.1) is 6.92 Å². The van der Waals surface area contributed by atoms with Gasteiger partial charge in [0.05, 0.1) is 11.1 Å². The Morgan fingerprint density at radius 3 is 2.60 bits per heavy atom. The van der Waals surface area contributed by atoms with Crippen molar-refractivity contribution in [2.45, 2.75) is 39.5 Å². The molecule has 0 radical (unpaired) electrons. The van der Waals surface area contributed by atoms with Gasteiger partial charge in [-0.2, -0.15) is 0 Å². The summed E-state index contributed by atoms with van der Waals surface area (Å²) in [4.78, 5) is 31.4. The van der Waals surface area contributed by atoms with E-state index < -0.39 is 5.97 Å². The van der Waals surface area contributed by atoms with Crippen molar-refractivity contribution in [2.75, 3.05) is 19.7 Å². The van der Waals surface area contributed by atoms with Gasteiger partial charge in [-0.25, -0.2) is 4.79 Å². The van der Waals surface area contributed by atoms with Crippen molar-refractivity contribution < 1.29 is 14.3 Å². The Labute approximate surface area is 148 Å². The second kappa shape index (κ2) is 7.64. The predicted octanol–water partition coefficient (Wildman–Crippen LogP) is 3.27. The number of hydrogen-bond acceptors (Lipinski definition) is 4. The minimum Gasteiger partial charge on any atom is -0.452 e. The van der Waals surface area contributed by atoms with Crippen LogP contribution in [0.25, 0.3) is 10.9 Å². The molecule has 3 rings (SSSR count). The molecule has 132 valence electrons. The van der Waals surface area contributed by atoms with Crippen LogP contribution in [0.2, 0.25) is 0 Å². The van der Waals surface area contributed by atoms with Gasteiger partial charge in [0.15, 0.2) is 6.61 Å². The molecule has 5 heteroatoms. The maximum absolute atomic E-state index is 12.7. The number of esters is 1. The van der Waals surface area contributed by atoms with E-state index in [9.17, 15) is 9.59 Å². The van der Waals surface area contributed by atoms with Gasteiger partial charge >= 0.3 is 5.97 Å². The summed E-state index contributed by atoms with van der Waals surface area (Å²) >= 11 is 0. The second-order valence-corrected chi connectivity index (χ2v) is 6.45. The number of hydrogen-bond donors (Lipinski definition) is 0. The largest absolute Gasteiger partial charge is 0.452 e. The third kappa shape index (κ3) is 3.65. The predicted molar refractivity (Wildman–Crippen MR) is 96.6 cm³/mol. The Balaban J connectivity index is 1.81. The zero-order valence-electron chi connectivity index (χ0n) is 14.9. The summed E-state index contributed by atoms with van der Waals surface area (Å²) in [5.41, 5.74) is 3.01. The SMILES string of the molecule is CCc1nc2ccccc2c(C(=O)OCC(=O)N2CCCCC2)c1C. The molecule has 0 aliphatic carbocycles. The van der Waals surface area contributed by atoms with Gasteiger partial charge in [-0.1, -0.05) is 25.1 Å². The fourth-order valence-corrected chi connectivity index (χ4v) is 3.40.